The molecule has 1 N–H and O–H groups in total. The molecule has 0 spiro atoms. The molecular formula is C36H37Cl2FN8O3. The summed E-state index contributed by atoms with van der Waals surface area (Å²) in [5.74, 6) is -0.492. The lowest BCUT2D eigenvalue weighted by atomic mass is 9.94. The van der Waals surface area contributed by atoms with Crippen molar-refractivity contribution in [1.29, 1.82) is 5.26 Å². The van der Waals surface area contributed by atoms with Crippen molar-refractivity contribution in [2.45, 2.75) is 57.2 Å². The highest BCUT2D eigenvalue weighted by atomic mass is 35.5. The molecule has 3 aromatic heterocycles. The summed E-state index contributed by atoms with van der Waals surface area (Å²) in [6, 6.07) is 5.41. The largest absolute Gasteiger partial charge is 0.475 e. The monoisotopic (exact) mass is 718 g/mol. The van der Waals surface area contributed by atoms with Gasteiger partial charge in [0.15, 0.2) is 5.82 Å². The molecule has 5 aromatic rings. The number of pyridine rings is 1. The van der Waals surface area contributed by atoms with Gasteiger partial charge in [0.1, 0.15) is 12.1 Å². The number of carbonyl (C=O) groups is 1. The van der Waals surface area contributed by atoms with Gasteiger partial charge in [0.25, 0.3) is 0 Å². The molecule has 2 saturated heterocycles. The number of likely N-dealkylation sites (N-methyl/N-ethyl adjacent to an activating group) is 1. The zero-order valence-electron chi connectivity index (χ0n) is 28.0. The number of halogens is 3. The Morgan fingerprint density at radius 2 is 1.98 bits per heavy atom. The number of fused-ring (bicyclic) bond motifs is 4. The first-order chi connectivity index (χ1) is 24.2. The van der Waals surface area contributed by atoms with Crippen molar-refractivity contribution < 1.29 is 18.7 Å². The van der Waals surface area contributed by atoms with E-state index in [4.69, 9.17) is 42.8 Å². The fraction of sp³-hybridized carbons (Fsp3) is 0.417. The van der Waals surface area contributed by atoms with Crippen LogP contribution in [0.2, 0.25) is 10.0 Å². The average Bonchev–Trinajstić information content (AvgIpc) is 3.86. The van der Waals surface area contributed by atoms with E-state index in [-0.39, 0.29) is 52.4 Å². The van der Waals surface area contributed by atoms with Crippen LogP contribution >= 0.6 is 23.2 Å². The second-order valence-corrected chi connectivity index (χ2v) is 13.9. The number of H-pyrrole nitrogens is 1. The second kappa shape index (κ2) is 14.2. The number of amides is 1. The van der Waals surface area contributed by atoms with Gasteiger partial charge in [0, 0.05) is 58.7 Å². The van der Waals surface area contributed by atoms with Gasteiger partial charge in [-0.05, 0) is 63.9 Å². The summed E-state index contributed by atoms with van der Waals surface area (Å²) in [6.45, 7) is 3.94. The van der Waals surface area contributed by atoms with E-state index in [9.17, 15) is 10.1 Å². The minimum Gasteiger partial charge on any atom is -0.475 e. The van der Waals surface area contributed by atoms with Crippen molar-refractivity contribution >= 4 is 61.8 Å². The van der Waals surface area contributed by atoms with Crippen molar-refractivity contribution in [1.82, 2.24) is 34.8 Å². The van der Waals surface area contributed by atoms with E-state index >= 15 is 4.39 Å². The summed E-state index contributed by atoms with van der Waals surface area (Å²) >= 11 is 13.6. The number of nitriles is 1. The average molecular weight is 720 g/mol. The van der Waals surface area contributed by atoms with Crippen LogP contribution in [-0.2, 0) is 9.53 Å². The third-order valence-corrected chi connectivity index (χ3v) is 10.8. The zero-order chi connectivity index (χ0) is 35.1. The first-order valence-corrected chi connectivity index (χ1v) is 17.4. The normalized spacial score (nSPS) is 20.1. The number of piperidine rings is 1. The first kappa shape index (κ1) is 34.2. The molecule has 2 aliphatic heterocycles. The summed E-state index contributed by atoms with van der Waals surface area (Å²) in [7, 11) is 3.63. The van der Waals surface area contributed by atoms with Crippen molar-refractivity contribution in [3.05, 3.63) is 58.1 Å². The molecule has 0 saturated carbocycles. The number of hydrogen-bond acceptors (Lipinski definition) is 8. The third-order valence-electron chi connectivity index (χ3n) is 10.1. The fourth-order valence-corrected chi connectivity index (χ4v) is 7.98. The number of methoxy groups -OCH3 is 1. The molecule has 0 radical (unpaired) electrons. The van der Waals surface area contributed by atoms with E-state index in [1.165, 1.54) is 6.08 Å². The van der Waals surface area contributed by atoms with Gasteiger partial charge < -0.3 is 19.3 Å². The summed E-state index contributed by atoms with van der Waals surface area (Å²) in [6.07, 6.45) is 9.78. The Bertz CT molecular complexity index is 2180. The predicted octanol–water partition coefficient (Wildman–Crippen LogP) is 7.00. The summed E-state index contributed by atoms with van der Waals surface area (Å²) < 4.78 is 30.5. The van der Waals surface area contributed by atoms with Gasteiger partial charge in [-0.3, -0.25) is 14.6 Å². The predicted molar refractivity (Wildman–Crippen MR) is 191 cm³/mol. The van der Waals surface area contributed by atoms with Gasteiger partial charge in [-0.2, -0.15) is 15.5 Å². The number of aromatic amines is 1. The fourth-order valence-electron chi connectivity index (χ4n) is 7.49. The molecule has 0 aliphatic carbocycles. The number of carbonyl (C=O) groups excluding carboxylic acids is 1. The smallest absolute Gasteiger partial charge is 0.246 e. The van der Waals surface area contributed by atoms with Crippen LogP contribution in [0.3, 0.4) is 0 Å². The van der Waals surface area contributed by atoms with Crippen LogP contribution < -0.4 is 4.74 Å². The van der Waals surface area contributed by atoms with Crippen molar-refractivity contribution in [3.63, 3.8) is 0 Å². The lowest BCUT2D eigenvalue weighted by Gasteiger charge is -2.38. The van der Waals surface area contributed by atoms with E-state index in [0.717, 1.165) is 19.4 Å². The van der Waals surface area contributed by atoms with Crippen LogP contribution in [0.25, 0.3) is 43.8 Å². The van der Waals surface area contributed by atoms with E-state index in [1.54, 1.807) is 42.6 Å². The molecule has 3 atom stereocenters. The van der Waals surface area contributed by atoms with Crippen LogP contribution in [0.15, 0.2) is 36.7 Å². The van der Waals surface area contributed by atoms with E-state index < -0.39 is 5.82 Å². The minimum atomic E-state index is -0.608. The number of benzene rings is 2. The van der Waals surface area contributed by atoms with E-state index in [1.807, 2.05) is 11.6 Å². The minimum absolute atomic E-state index is 0.0916. The van der Waals surface area contributed by atoms with Gasteiger partial charge in [0.2, 0.25) is 11.8 Å². The number of nitrogens with zero attached hydrogens (tertiary/aromatic N) is 7. The Labute approximate surface area is 298 Å². The molecule has 1 amide bonds. The molecule has 0 unspecified atom stereocenters. The number of ether oxygens (including phenoxy) is 2. The standard InChI is InChI=1S/C36H37Cl2FN8O3/c1-20-27(37)16-29-25(17-41-44-29)31(20)32-28(38)15-24-34(33(32)39)43-36(50-19-23-6-4-11-45(23)2)26-18-42-47(35(24)26)22-9-12-46(21(14-22)8-10-40)30(48)7-5-13-49-3/h5,7,15-18,21-23H,4,6,8-9,11-14,19H2,1-3H3,(H,41,44)/b7-5+/t21-,22+,23+/m1/s1. The number of aromatic nitrogens is 5. The van der Waals surface area contributed by atoms with Gasteiger partial charge in [-0.25, -0.2) is 9.37 Å². The van der Waals surface area contributed by atoms with Crippen molar-refractivity contribution in [2.75, 3.05) is 40.5 Å². The quantitative estimate of drug-likeness (QED) is 0.162. The van der Waals surface area contributed by atoms with E-state index in [0.29, 0.717) is 75.9 Å². The summed E-state index contributed by atoms with van der Waals surface area (Å²) in [4.78, 5) is 21.9. The Morgan fingerprint density at radius 1 is 1.14 bits per heavy atom. The highest BCUT2D eigenvalue weighted by Crippen LogP contribution is 2.45. The van der Waals surface area contributed by atoms with Crippen molar-refractivity contribution in [2.24, 2.45) is 0 Å². The van der Waals surface area contributed by atoms with Crippen LogP contribution in [-0.4, -0.2) is 93.2 Å². The summed E-state index contributed by atoms with van der Waals surface area (Å²) in [5.41, 5.74) is 2.75. The van der Waals surface area contributed by atoms with Crippen LogP contribution in [0.1, 0.15) is 43.7 Å². The number of rotatable bonds is 9. The first-order valence-electron chi connectivity index (χ1n) is 16.7. The maximum atomic E-state index is 17.2. The maximum absolute atomic E-state index is 17.2. The Balaban J connectivity index is 1.37. The molecule has 2 aromatic carbocycles. The highest BCUT2D eigenvalue weighted by Gasteiger charge is 2.34. The molecule has 0 bridgehead atoms. The topological polar surface area (TPSA) is 125 Å². The lowest BCUT2D eigenvalue weighted by molar-refractivity contribution is -0.130. The molecule has 5 heterocycles. The molecule has 260 valence electrons. The molecular weight excluding hydrogens is 682 g/mol. The Morgan fingerprint density at radius 3 is 2.74 bits per heavy atom. The van der Waals surface area contributed by atoms with Crippen LogP contribution in [0.4, 0.5) is 4.39 Å². The van der Waals surface area contributed by atoms with Crippen molar-refractivity contribution in [3.8, 4) is 23.1 Å². The number of hydrogen-bond donors (Lipinski definition) is 1. The lowest BCUT2D eigenvalue weighted by Crippen LogP contribution is -2.46. The Kier molecular flexibility index (Phi) is 9.67. The van der Waals surface area contributed by atoms with E-state index in [2.05, 4.69) is 28.2 Å². The van der Waals surface area contributed by atoms with Crippen LogP contribution in [0.5, 0.6) is 5.88 Å². The number of nitrogens with one attached hydrogen (secondary N) is 1. The molecule has 11 nitrogen and oxygen atoms in total. The highest BCUT2D eigenvalue weighted by molar-refractivity contribution is 6.36. The molecule has 2 aliphatic rings. The molecule has 50 heavy (non-hydrogen) atoms. The second-order valence-electron chi connectivity index (χ2n) is 13.1. The van der Waals surface area contributed by atoms with Gasteiger partial charge in [-0.15, -0.1) is 0 Å². The summed E-state index contributed by atoms with van der Waals surface area (Å²) in [5, 5.41) is 24.0. The number of likely N-dealkylation sites (tertiary alicyclic amines) is 2. The maximum Gasteiger partial charge on any atom is 0.246 e. The van der Waals surface area contributed by atoms with Gasteiger partial charge >= 0.3 is 0 Å². The van der Waals surface area contributed by atoms with Gasteiger partial charge in [-0.1, -0.05) is 29.3 Å². The van der Waals surface area contributed by atoms with Gasteiger partial charge in [0.05, 0.1) is 59.0 Å². The zero-order valence-corrected chi connectivity index (χ0v) is 29.6. The third kappa shape index (κ3) is 6.06. The molecule has 7 rings (SSSR count). The Hall–Kier alpha value is -4.28. The molecule has 14 heteroatoms. The SMILES string of the molecule is COC/C=C/C(=O)N1CC[C@H](n2ncc3c(OC[C@@H]4CCCN4C)nc4c(F)c(-c5c(C)c(Cl)cc6[nH]ncc56)c(Cl)cc4c32)C[C@H]1CC#N. The molecule has 2 fully saturated rings. The van der Waals surface area contributed by atoms with Crippen LogP contribution in [0, 0.1) is 24.1 Å².